The van der Waals surface area contributed by atoms with E-state index in [1.807, 2.05) is 6.92 Å². The predicted molar refractivity (Wildman–Crippen MR) is 65.4 cm³/mol. The van der Waals surface area contributed by atoms with Crippen molar-refractivity contribution < 1.29 is 23.0 Å². The van der Waals surface area contributed by atoms with E-state index in [4.69, 9.17) is 9.47 Å². The molecule has 108 valence electrons. The van der Waals surface area contributed by atoms with Crippen LogP contribution in [0.5, 0.6) is 0 Å². The third kappa shape index (κ3) is 5.76. The van der Waals surface area contributed by atoms with Crippen molar-refractivity contribution in [3.05, 3.63) is 0 Å². The summed E-state index contributed by atoms with van der Waals surface area (Å²) in [6, 6.07) is 0. The highest BCUT2D eigenvalue weighted by atomic mass is 19.3. The summed E-state index contributed by atoms with van der Waals surface area (Å²) in [6.45, 7) is 8.59. The molecule has 0 fully saturated rings. The van der Waals surface area contributed by atoms with Gasteiger partial charge in [-0.1, -0.05) is 13.8 Å². The molecule has 0 amide bonds. The summed E-state index contributed by atoms with van der Waals surface area (Å²) in [4.78, 5) is 11.9. The molecule has 3 nitrogen and oxygen atoms in total. The molecule has 0 saturated heterocycles. The van der Waals surface area contributed by atoms with Crippen LogP contribution in [0.25, 0.3) is 0 Å². The minimum atomic E-state index is -2.94. The molecule has 0 aromatic carbocycles. The first-order chi connectivity index (χ1) is 7.96. The van der Waals surface area contributed by atoms with Gasteiger partial charge in [0, 0.05) is 20.3 Å². The van der Waals surface area contributed by atoms with E-state index in [1.54, 1.807) is 20.8 Å². The van der Waals surface area contributed by atoms with Crippen molar-refractivity contribution >= 4 is 5.97 Å². The lowest BCUT2D eigenvalue weighted by Crippen LogP contribution is -2.41. The van der Waals surface area contributed by atoms with Crippen molar-refractivity contribution in [2.45, 2.75) is 66.1 Å². The Morgan fingerprint density at radius 3 is 1.89 bits per heavy atom. The summed E-state index contributed by atoms with van der Waals surface area (Å²) >= 11 is 0. The fraction of sp³-hybridized carbons (Fsp3) is 0.923. The largest absolute Gasteiger partial charge is 0.433 e. The number of carbonyl (C=O) groups is 1. The van der Waals surface area contributed by atoms with Crippen molar-refractivity contribution in [2.75, 3.05) is 6.61 Å². The van der Waals surface area contributed by atoms with Gasteiger partial charge in [-0.2, -0.15) is 0 Å². The van der Waals surface area contributed by atoms with Crippen LogP contribution in [-0.4, -0.2) is 24.3 Å². The number of alkyl halides is 2. The van der Waals surface area contributed by atoms with Crippen LogP contribution in [0.15, 0.2) is 0 Å². The van der Waals surface area contributed by atoms with E-state index in [0.717, 1.165) is 6.92 Å². The number of esters is 1. The first-order valence-electron chi connectivity index (χ1n) is 6.21. The number of hydrogen-bond donors (Lipinski definition) is 0. The Labute approximate surface area is 108 Å². The molecule has 0 aliphatic carbocycles. The SMILES string of the molecule is CCC(C)(OCC(C)(F)F)OC(=O)C(C)(C)CC. The summed E-state index contributed by atoms with van der Waals surface area (Å²) in [5, 5.41) is 0. The zero-order valence-corrected chi connectivity index (χ0v) is 12.1. The summed E-state index contributed by atoms with van der Waals surface area (Å²) in [6.07, 6.45) is 0.921. The summed E-state index contributed by atoms with van der Waals surface area (Å²) in [5.74, 6) is -4.68. The number of carbonyl (C=O) groups excluding carboxylic acids is 1. The third-order valence-corrected chi connectivity index (χ3v) is 3.02. The standard InChI is InChI=1S/C13H24F2O3/c1-7-11(3,4)10(16)18-13(6,8-2)17-9-12(5,14)15/h7-9H2,1-6H3. The molecule has 0 N–H and O–H groups in total. The molecular formula is C13H24F2O3. The molecule has 0 spiro atoms. The molecule has 1 unspecified atom stereocenters. The molecule has 18 heavy (non-hydrogen) atoms. The van der Waals surface area contributed by atoms with Gasteiger partial charge in [-0.15, -0.1) is 0 Å². The van der Waals surface area contributed by atoms with Crippen LogP contribution in [-0.2, 0) is 14.3 Å². The number of halogens is 2. The van der Waals surface area contributed by atoms with E-state index in [0.29, 0.717) is 12.8 Å². The van der Waals surface area contributed by atoms with Gasteiger partial charge in [-0.3, -0.25) is 4.79 Å². The molecule has 0 radical (unpaired) electrons. The predicted octanol–water partition coefficient (Wildman–Crippen LogP) is 3.76. The number of rotatable bonds is 7. The number of ether oxygens (including phenoxy) is 2. The normalized spacial score (nSPS) is 16.2. The minimum absolute atomic E-state index is 0.314. The van der Waals surface area contributed by atoms with Crippen molar-refractivity contribution in [3.8, 4) is 0 Å². The Hall–Kier alpha value is -0.710. The molecule has 0 aliphatic rings. The highest BCUT2D eigenvalue weighted by Gasteiger charge is 2.37. The molecule has 1 atom stereocenters. The second-order valence-corrected chi connectivity index (χ2v) is 5.47. The van der Waals surface area contributed by atoms with Gasteiger partial charge in [-0.25, -0.2) is 8.78 Å². The van der Waals surface area contributed by atoms with Gasteiger partial charge in [-0.05, 0) is 20.3 Å². The number of hydrogen-bond acceptors (Lipinski definition) is 3. The van der Waals surface area contributed by atoms with Crippen molar-refractivity contribution in [1.82, 2.24) is 0 Å². The Kier molecular flexibility index (Phi) is 5.72. The fourth-order valence-corrected chi connectivity index (χ4v) is 0.962. The highest BCUT2D eigenvalue weighted by molar-refractivity contribution is 5.76. The molecule has 5 heteroatoms. The lowest BCUT2D eigenvalue weighted by atomic mass is 9.90. The average Bonchev–Trinajstić information content (AvgIpc) is 2.25. The maximum atomic E-state index is 12.8. The van der Waals surface area contributed by atoms with Crippen LogP contribution in [0.1, 0.15) is 54.4 Å². The zero-order valence-electron chi connectivity index (χ0n) is 12.1. The Morgan fingerprint density at radius 1 is 1.06 bits per heavy atom. The fourth-order valence-electron chi connectivity index (χ4n) is 0.962. The van der Waals surface area contributed by atoms with Gasteiger partial charge in [0.1, 0.15) is 6.61 Å². The van der Waals surface area contributed by atoms with Gasteiger partial charge in [0.25, 0.3) is 5.92 Å². The molecular weight excluding hydrogens is 242 g/mol. The van der Waals surface area contributed by atoms with Gasteiger partial charge in [0.15, 0.2) is 0 Å². The van der Waals surface area contributed by atoms with E-state index in [1.165, 1.54) is 6.92 Å². The van der Waals surface area contributed by atoms with Crippen molar-refractivity contribution in [1.29, 1.82) is 0 Å². The van der Waals surface area contributed by atoms with E-state index in [9.17, 15) is 13.6 Å². The van der Waals surface area contributed by atoms with Crippen molar-refractivity contribution in [2.24, 2.45) is 5.41 Å². The Morgan fingerprint density at radius 2 is 1.56 bits per heavy atom. The summed E-state index contributed by atoms with van der Waals surface area (Å²) < 4.78 is 35.8. The first-order valence-corrected chi connectivity index (χ1v) is 6.21. The summed E-state index contributed by atoms with van der Waals surface area (Å²) in [5.41, 5.74) is -0.644. The van der Waals surface area contributed by atoms with Gasteiger partial charge in [0.2, 0.25) is 5.79 Å². The Balaban J connectivity index is 4.63. The molecule has 0 saturated carbocycles. The molecule has 0 aromatic heterocycles. The monoisotopic (exact) mass is 266 g/mol. The van der Waals surface area contributed by atoms with E-state index >= 15 is 0 Å². The minimum Gasteiger partial charge on any atom is -0.433 e. The van der Waals surface area contributed by atoms with Crippen molar-refractivity contribution in [3.63, 3.8) is 0 Å². The van der Waals surface area contributed by atoms with Crippen LogP contribution < -0.4 is 0 Å². The van der Waals surface area contributed by atoms with Crippen LogP contribution >= 0.6 is 0 Å². The second-order valence-electron chi connectivity index (χ2n) is 5.47. The van der Waals surface area contributed by atoms with Crippen LogP contribution in [0, 0.1) is 5.41 Å². The van der Waals surface area contributed by atoms with Crippen LogP contribution in [0.4, 0.5) is 8.78 Å². The molecule has 0 heterocycles. The second kappa shape index (κ2) is 5.95. The molecule has 0 aromatic rings. The third-order valence-electron chi connectivity index (χ3n) is 3.02. The zero-order chi connectivity index (χ0) is 14.6. The lowest BCUT2D eigenvalue weighted by Gasteiger charge is -2.33. The van der Waals surface area contributed by atoms with E-state index in [2.05, 4.69) is 0 Å². The molecule has 0 aliphatic heterocycles. The molecule has 0 bridgehead atoms. The smallest absolute Gasteiger partial charge is 0.313 e. The van der Waals surface area contributed by atoms with Gasteiger partial charge in [0.05, 0.1) is 5.41 Å². The summed E-state index contributed by atoms with van der Waals surface area (Å²) in [7, 11) is 0. The topological polar surface area (TPSA) is 35.5 Å². The highest BCUT2D eigenvalue weighted by Crippen LogP contribution is 2.28. The lowest BCUT2D eigenvalue weighted by molar-refractivity contribution is -0.250. The maximum Gasteiger partial charge on any atom is 0.313 e. The van der Waals surface area contributed by atoms with Crippen LogP contribution in [0.3, 0.4) is 0 Å². The Bertz CT molecular complexity index is 284. The maximum absolute atomic E-state index is 12.8. The average molecular weight is 266 g/mol. The first kappa shape index (κ1) is 17.3. The molecule has 0 rings (SSSR count). The van der Waals surface area contributed by atoms with Crippen LogP contribution in [0.2, 0.25) is 0 Å². The van der Waals surface area contributed by atoms with Gasteiger partial charge < -0.3 is 9.47 Å². The quantitative estimate of drug-likeness (QED) is 0.520. The van der Waals surface area contributed by atoms with E-state index in [-0.39, 0.29) is 0 Å². The van der Waals surface area contributed by atoms with E-state index < -0.39 is 29.7 Å². The van der Waals surface area contributed by atoms with Gasteiger partial charge >= 0.3 is 5.97 Å².